The third-order valence-electron chi connectivity index (χ3n) is 3.25. The maximum atomic E-state index is 12.3. The SMILES string of the molecule is O=C(NCCc1cccs1)c1cn[nH]c1-c1ccc(Cl)cc1. The number of rotatable bonds is 5. The zero-order chi connectivity index (χ0) is 15.4. The van der Waals surface area contributed by atoms with Crippen molar-refractivity contribution in [2.75, 3.05) is 6.54 Å². The van der Waals surface area contributed by atoms with Gasteiger partial charge in [-0.15, -0.1) is 11.3 Å². The Morgan fingerprint density at radius 3 is 2.82 bits per heavy atom. The van der Waals surface area contributed by atoms with E-state index < -0.39 is 0 Å². The highest BCUT2D eigenvalue weighted by molar-refractivity contribution is 7.09. The number of thiophene rings is 1. The Morgan fingerprint density at radius 1 is 1.27 bits per heavy atom. The zero-order valence-corrected chi connectivity index (χ0v) is 13.2. The van der Waals surface area contributed by atoms with E-state index >= 15 is 0 Å². The average molecular weight is 332 g/mol. The molecule has 0 saturated heterocycles. The quantitative estimate of drug-likeness (QED) is 0.747. The first-order chi connectivity index (χ1) is 10.7. The van der Waals surface area contributed by atoms with Gasteiger partial charge in [-0.05, 0) is 30.0 Å². The van der Waals surface area contributed by atoms with Crippen LogP contribution in [0.15, 0.2) is 48.0 Å². The summed E-state index contributed by atoms with van der Waals surface area (Å²) in [5.74, 6) is -0.129. The summed E-state index contributed by atoms with van der Waals surface area (Å²) < 4.78 is 0. The van der Waals surface area contributed by atoms with Gasteiger partial charge >= 0.3 is 0 Å². The highest BCUT2D eigenvalue weighted by Gasteiger charge is 2.14. The molecule has 0 unspecified atom stereocenters. The van der Waals surface area contributed by atoms with Crippen molar-refractivity contribution in [2.24, 2.45) is 0 Å². The van der Waals surface area contributed by atoms with Crippen LogP contribution in [0.2, 0.25) is 5.02 Å². The number of aromatic nitrogens is 2. The van der Waals surface area contributed by atoms with Crippen molar-refractivity contribution in [3.63, 3.8) is 0 Å². The first-order valence-electron chi connectivity index (χ1n) is 6.84. The second-order valence-corrected chi connectivity index (χ2v) is 6.22. The number of hydrogen-bond acceptors (Lipinski definition) is 3. The number of nitrogens with one attached hydrogen (secondary N) is 2. The highest BCUT2D eigenvalue weighted by Crippen LogP contribution is 2.22. The summed E-state index contributed by atoms with van der Waals surface area (Å²) >= 11 is 7.58. The molecule has 112 valence electrons. The summed E-state index contributed by atoms with van der Waals surface area (Å²) in [6.45, 7) is 0.602. The van der Waals surface area contributed by atoms with Crippen molar-refractivity contribution in [1.29, 1.82) is 0 Å². The fraction of sp³-hybridized carbons (Fsp3) is 0.125. The molecule has 0 atom stereocenters. The fourth-order valence-corrected chi connectivity index (χ4v) is 2.98. The summed E-state index contributed by atoms with van der Waals surface area (Å²) in [6, 6.07) is 11.4. The van der Waals surface area contributed by atoms with Crippen LogP contribution in [0.4, 0.5) is 0 Å². The molecule has 2 heterocycles. The Balaban J connectivity index is 1.68. The van der Waals surface area contributed by atoms with Gasteiger partial charge < -0.3 is 5.32 Å². The van der Waals surface area contributed by atoms with E-state index in [9.17, 15) is 4.79 Å². The van der Waals surface area contributed by atoms with Crippen LogP contribution >= 0.6 is 22.9 Å². The van der Waals surface area contributed by atoms with Crippen molar-refractivity contribution in [2.45, 2.75) is 6.42 Å². The molecule has 4 nitrogen and oxygen atoms in total. The number of benzene rings is 1. The van der Waals surface area contributed by atoms with Gasteiger partial charge in [-0.25, -0.2) is 0 Å². The molecule has 0 fully saturated rings. The van der Waals surface area contributed by atoms with Crippen LogP contribution in [0.3, 0.4) is 0 Å². The lowest BCUT2D eigenvalue weighted by Crippen LogP contribution is -2.25. The minimum absolute atomic E-state index is 0.129. The molecule has 3 rings (SSSR count). The van der Waals surface area contributed by atoms with Gasteiger partial charge in [0, 0.05) is 22.0 Å². The van der Waals surface area contributed by atoms with Crippen molar-refractivity contribution in [1.82, 2.24) is 15.5 Å². The van der Waals surface area contributed by atoms with E-state index in [2.05, 4.69) is 21.6 Å². The van der Waals surface area contributed by atoms with E-state index in [1.54, 1.807) is 29.7 Å². The summed E-state index contributed by atoms with van der Waals surface area (Å²) in [6.07, 6.45) is 2.38. The Morgan fingerprint density at radius 2 is 2.09 bits per heavy atom. The van der Waals surface area contributed by atoms with Crippen LogP contribution in [-0.4, -0.2) is 22.6 Å². The summed E-state index contributed by atoms with van der Waals surface area (Å²) in [4.78, 5) is 13.6. The minimum atomic E-state index is -0.129. The molecule has 0 spiro atoms. The van der Waals surface area contributed by atoms with Crippen molar-refractivity contribution in [3.8, 4) is 11.3 Å². The van der Waals surface area contributed by atoms with Crippen molar-refractivity contribution in [3.05, 3.63) is 63.4 Å². The molecule has 0 bridgehead atoms. The van der Waals surface area contributed by atoms with Gasteiger partial charge in [0.2, 0.25) is 0 Å². The van der Waals surface area contributed by atoms with Crippen molar-refractivity contribution >= 4 is 28.8 Å². The third kappa shape index (κ3) is 3.37. The van der Waals surface area contributed by atoms with E-state index in [0.29, 0.717) is 22.8 Å². The van der Waals surface area contributed by atoms with Crippen molar-refractivity contribution < 1.29 is 4.79 Å². The Hall–Kier alpha value is -2.11. The summed E-state index contributed by atoms with van der Waals surface area (Å²) in [5, 5.41) is 12.5. The van der Waals surface area contributed by atoms with Crippen LogP contribution in [0.5, 0.6) is 0 Å². The van der Waals surface area contributed by atoms with Gasteiger partial charge in [-0.2, -0.15) is 5.10 Å². The number of aromatic amines is 1. The van der Waals surface area contributed by atoms with Gasteiger partial charge in [0.1, 0.15) is 0 Å². The van der Waals surface area contributed by atoms with Gasteiger partial charge in [0.15, 0.2) is 0 Å². The number of halogens is 1. The topological polar surface area (TPSA) is 57.8 Å². The molecular weight excluding hydrogens is 318 g/mol. The molecule has 0 aliphatic heterocycles. The molecule has 22 heavy (non-hydrogen) atoms. The van der Waals surface area contributed by atoms with E-state index in [1.165, 1.54) is 4.88 Å². The van der Waals surface area contributed by atoms with Gasteiger partial charge in [0.25, 0.3) is 5.91 Å². The Kier molecular flexibility index (Phi) is 4.56. The zero-order valence-electron chi connectivity index (χ0n) is 11.7. The number of carbonyl (C=O) groups is 1. The normalized spacial score (nSPS) is 10.6. The van der Waals surface area contributed by atoms with Gasteiger partial charge in [-0.3, -0.25) is 9.89 Å². The molecule has 0 aliphatic rings. The number of hydrogen-bond donors (Lipinski definition) is 2. The first-order valence-corrected chi connectivity index (χ1v) is 8.09. The molecule has 1 aromatic carbocycles. The fourth-order valence-electron chi connectivity index (χ4n) is 2.14. The second-order valence-electron chi connectivity index (χ2n) is 4.75. The highest BCUT2D eigenvalue weighted by atomic mass is 35.5. The Labute approximate surface area is 137 Å². The predicted octanol–water partition coefficient (Wildman–Crippen LogP) is 3.76. The van der Waals surface area contributed by atoms with Crippen LogP contribution in [0.1, 0.15) is 15.2 Å². The number of nitrogens with zero attached hydrogens (tertiary/aromatic N) is 1. The lowest BCUT2D eigenvalue weighted by molar-refractivity contribution is 0.0955. The lowest BCUT2D eigenvalue weighted by Gasteiger charge is -2.05. The standard InChI is InChI=1S/C16H14ClN3OS/c17-12-5-3-11(4-6-12)15-14(10-19-20-15)16(21)18-8-7-13-2-1-9-22-13/h1-6,9-10H,7-8H2,(H,18,21)(H,19,20). The van der Waals surface area contributed by atoms with E-state index in [1.807, 2.05) is 23.6 Å². The monoisotopic (exact) mass is 331 g/mol. The second kappa shape index (κ2) is 6.77. The number of H-pyrrole nitrogens is 1. The third-order valence-corrected chi connectivity index (χ3v) is 4.44. The molecule has 1 amide bonds. The molecular formula is C16H14ClN3OS. The number of carbonyl (C=O) groups excluding carboxylic acids is 1. The lowest BCUT2D eigenvalue weighted by atomic mass is 10.1. The molecule has 2 aromatic heterocycles. The van der Waals surface area contributed by atoms with Crippen LogP contribution in [0, 0.1) is 0 Å². The summed E-state index contributed by atoms with van der Waals surface area (Å²) in [5.41, 5.74) is 2.11. The average Bonchev–Trinajstić information content (AvgIpc) is 3.19. The van der Waals surface area contributed by atoms with Crippen LogP contribution in [-0.2, 0) is 6.42 Å². The molecule has 6 heteroatoms. The van der Waals surface area contributed by atoms with E-state index in [4.69, 9.17) is 11.6 Å². The van der Waals surface area contributed by atoms with E-state index in [0.717, 1.165) is 12.0 Å². The smallest absolute Gasteiger partial charge is 0.255 e. The van der Waals surface area contributed by atoms with Gasteiger partial charge in [0.05, 0.1) is 17.5 Å². The molecule has 0 radical (unpaired) electrons. The molecule has 0 saturated carbocycles. The predicted molar refractivity (Wildman–Crippen MR) is 89.4 cm³/mol. The summed E-state index contributed by atoms with van der Waals surface area (Å²) in [7, 11) is 0. The maximum absolute atomic E-state index is 12.3. The van der Waals surface area contributed by atoms with Crippen LogP contribution < -0.4 is 5.32 Å². The number of amides is 1. The minimum Gasteiger partial charge on any atom is -0.352 e. The molecule has 0 aliphatic carbocycles. The molecule has 2 N–H and O–H groups in total. The van der Waals surface area contributed by atoms with Gasteiger partial charge in [-0.1, -0.05) is 29.8 Å². The van der Waals surface area contributed by atoms with E-state index in [-0.39, 0.29) is 5.91 Å². The largest absolute Gasteiger partial charge is 0.352 e. The Bertz CT molecular complexity index is 750. The molecule has 3 aromatic rings. The maximum Gasteiger partial charge on any atom is 0.255 e. The first kappa shape index (κ1) is 14.8. The van der Waals surface area contributed by atoms with Crippen LogP contribution in [0.25, 0.3) is 11.3 Å².